The quantitative estimate of drug-likeness (QED) is 0.156. The largest absolute Gasteiger partial charge is 0.464 e. The number of nitrogens with two attached hydrogens (primary N) is 2. The molecule has 0 fully saturated rings. The van der Waals surface area contributed by atoms with Crippen molar-refractivity contribution in [2.24, 2.45) is 11.5 Å². The number of carbonyl (C=O) groups is 4. The van der Waals surface area contributed by atoms with Crippen molar-refractivity contribution in [2.75, 3.05) is 31.5 Å². The highest BCUT2D eigenvalue weighted by atomic mass is 35.5. The van der Waals surface area contributed by atoms with Crippen LogP contribution in [-0.4, -0.2) is 78.2 Å². The molecule has 0 saturated heterocycles. The average Bonchev–Trinajstić information content (AvgIpc) is 2.94. The summed E-state index contributed by atoms with van der Waals surface area (Å²) in [6.07, 6.45) is -0.449. The summed E-state index contributed by atoms with van der Waals surface area (Å²) in [5.41, 5.74) is 12.8. The van der Waals surface area contributed by atoms with Crippen LogP contribution in [0.15, 0.2) is 54.6 Å². The fourth-order valence-electron chi connectivity index (χ4n) is 4.29. The van der Waals surface area contributed by atoms with E-state index in [4.69, 9.17) is 39.4 Å². The Morgan fingerprint density at radius 3 is 2.10 bits per heavy atom. The van der Waals surface area contributed by atoms with E-state index in [1.54, 1.807) is 37.3 Å². The molecular weight excluding hydrogens is 576 g/mol. The first kappa shape index (κ1) is 34.0. The zero-order valence-electron chi connectivity index (χ0n) is 22.7. The van der Waals surface area contributed by atoms with Crippen LogP contribution in [0, 0.1) is 5.82 Å². The lowest BCUT2D eigenvalue weighted by Crippen LogP contribution is -2.60. The number of carbonyl (C=O) groups excluding carboxylic acids is 4. The molecule has 41 heavy (non-hydrogen) atoms. The predicted octanol–water partition coefficient (Wildman–Crippen LogP) is 1.62. The van der Waals surface area contributed by atoms with Crippen LogP contribution in [0.1, 0.15) is 30.5 Å². The topological polar surface area (TPSA) is 157 Å². The highest BCUT2D eigenvalue weighted by Crippen LogP contribution is 2.26. The van der Waals surface area contributed by atoms with Gasteiger partial charge in [-0.05, 0) is 36.6 Å². The number of halogens is 3. The molecule has 0 aliphatic rings. The number of benzene rings is 2. The molecule has 0 heterocycles. The Bertz CT molecular complexity index is 1140. The van der Waals surface area contributed by atoms with Crippen LogP contribution < -0.4 is 22.1 Å². The monoisotopic (exact) mass is 611 g/mol. The van der Waals surface area contributed by atoms with Gasteiger partial charge in [-0.3, -0.25) is 19.3 Å². The molecule has 0 radical (unpaired) electrons. The molecule has 0 spiro atoms. The van der Waals surface area contributed by atoms with Gasteiger partial charge >= 0.3 is 5.97 Å². The third-order valence-electron chi connectivity index (χ3n) is 6.17. The molecule has 3 amide bonds. The second-order valence-corrected chi connectivity index (χ2v) is 9.93. The van der Waals surface area contributed by atoms with Crippen LogP contribution >= 0.6 is 23.2 Å². The lowest BCUT2D eigenvalue weighted by Gasteiger charge is -2.37. The number of nitrogens with zero attached hydrogens (tertiary/aromatic N) is 1. The summed E-state index contributed by atoms with van der Waals surface area (Å²) in [6, 6.07) is 9.81. The number of alkyl halides is 2. The Kier molecular flexibility index (Phi) is 14.5. The van der Waals surface area contributed by atoms with E-state index in [2.05, 4.69) is 10.6 Å². The highest BCUT2D eigenvalue weighted by molar-refractivity contribution is 6.18. The van der Waals surface area contributed by atoms with Gasteiger partial charge in [0.25, 0.3) is 0 Å². The zero-order chi connectivity index (χ0) is 30.4. The number of hydrogen-bond donors (Lipinski definition) is 4. The SMILES string of the molecule is CCOC(=O)C(CC(N)=O)NC(=O)C(NC(=O)C(N)Cc1ccc(F)cc1)C(c1ccccc1)N(CCCl)CCCl. The predicted molar refractivity (Wildman–Crippen MR) is 155 cm³/mol. The normalized spacial score (nSPS) is 14.0. The minimum atomic E-state index is -1.39. The second-order valence-electron chi connectivity index (χ2n) is 9.18. The van der Waals surface area contributed by atoms with Gasteiger partial charge in [0.15, 0.2) is 0 Å². The van der Waals surface area contributed by atoms with Crippen molar-refractivity contribution in [3.63, 3.8) is 0 Å². The molecule has 0 aliphatic heterocycles. The van der Waals surface area contributed by atoms with E-state index in [0.717, 1.165) is 0 Å². The van der Waals surface area contributed by atoms with Gasteiger partial charge in [0.2, 0.25) is 17.7 Å². The molecule has 2 rings (SSSR count). The first-order chi connectivity index (χ1) is 19.6. The molecule has 2 aromatic carbocycles. The molecule has 4 atom stereocenters. The number of hydrogen-bond acceptors (Lipinski definition) is 7. The van der Waals surface area contributed by atoms with Crippen molar-refractivity contribution in [1.82, 2.24) is 15.5 Å². The zero-order valence-corrected chi connectivity index (χ0v) is 24.2. The number of esters is 1. The number of rotatable bonds is 17. The summed E-state index contributed by atoms with van der Waals surface area (Å²) in [4.78, 5) is 53.3. The van der Waals surface area contributed by atoms with Gasteiger partial charge in [-0.1, -0.05) is 42.5 Å². The van der Waals surface area contributed by atoms with Crippen molar-refractivity contribution in [2.45, 2.75) is 43.9 Å². The van der Waals surface area contributed by atoms with Crippen molar-refractivity contribution < 1.29 is 28.3 Å². The van der Waals surface area contributed by atoms with Crippen LogP contribution in [0.4, 0.5) is 4.39 Å². The van der Waals surface area contributed by atoms with Crippen LogP contribution in [0.5, 0.6) is 0 Å². The van der Waals surface area contributed by atoms with Gasteiger partial charge in [-0.2, -0.15) is 0 Å². The van der Waals surface area contributed by atoms with Crippen molar-refractivity contribution in [1.29, 1.82) is 0 Å². The number of primary amides is 1. The Morgan fingerprint density at radius 1 is 0.951 bits per heavy atom. The van der Waals surface area contributed by atoms with Crippen LogP contribution in [0.25, 0.3) is 0 Å². The molecule has 0 saturated carbocycles. The summed E-state index contributed by atoms with van der Waals surface area (Å²) in [7, 11) is 0. The van der Waals surface area contributed by atoms with E-state index in [1.807, 2.05) is 4.90 Å². The smallest absolute Gasteiger partial charge is 0.329 e. The first-order valence-corrected chi connectivity index (χ1v) is 14.1. The minimum Gasteiger partial charge on any atom is -0.464 e. The van der Waals surface area contributed by atoms with E-state index in [9.17, 15) is 23.6 Å². The van der Waals surface area contributed by atoms with E-state index in [0.29, 0.717) is 24.2 Å². The summed E-state index contributed by atoms with van der Waals surface area (Å²) >= 11 is 12.2. The number of nitrogens with one attached hydrogen (secondary N) is 2. The fourth-order valence-corrected chi connectivity index (χ4v) is 4.72. The van der Waals surface area contributed by atoms with Crippen molar-refractivity contribution >= 4 is 46.9 Å². The molecule has 0 aliphatic carbocycles. The Morgan fingerprint density at radius 2 is 1.56 bits per heavy atom. The van der Waals surface area contributed by atoms with Crippen molar-refractivity contribution in [3.8, 4) is 0 Å². The Hall–Kier alpha value is -3.25. The fraction of sp³-hybridized carbons (Fsp3) is 0.429. The molecule has 2 aromatic rings. The Labute approximate surface area is 248 Å². The van der Waals surface area contributed by atoms with Gasteiger partial charge in [-0.25, -0.2) is 9.18 Å². The van der Waals surface area contributed by atoms with Gasteiger partial charge in [0.1, 0.15) is 17.9 Å². The number of ether oxygens (including phenoxy) is 1. The second kappa shape index (κ2) is 17.5. The third-order valence-corrected chi connectivity index (χ3v) is 6.51. The molecular formula is C28H36Cl2FN5O5. The molecule has 0 aromatic heterocycles. The number of amides is 3. The summed E-state index contributed by atoms with van der Waals surface area (Å²) in [6.45, 7) is 2.19. The Balaban J connectivity index is 2.50. The minimum absolute atomic E-state index is 0.00817. The molecule has 4 unspecified atom stereocenters. The van der Waals surface area contributed by atoms with Gasteiger partial charge in [-0.15, -0.1) is 23.2 Å². The first-order valence-electron chi connectivity index (χ1n) is 13.1. The molecule has 6 N–H and O–H groups in total. The van der Waals surface area contributed by atoms with Crippen LogP contribution in [-0.2, 0) is 30.3 Å². The van der Waals surface area contributed by atoms with Gasteiger partial charge in [0, 0.05) is 24.8 Å². The summed E-state index contributed by atoms with van der Waals surface area (Å²) in [5, 5.41) is 5.25. The van der Waals surface area contributed by atoms with E-state index >= 15 is 0 Å². The lowest BCUT2D eigenvalue weighted by molar-refractivity contribution is -0.149. The highest BCUT2D eigenvalue weighted by Gasteiger charge is 2.38. The maximum atomic E-state index is 13.9. The lowest BCUT2D eigenvalue weighted by atomic mass is 9.95. The van der Waals surface area contributed by atoms with E-state index < -0.39 is 60.1 Å². The standard InChI is InChI=1S/C28H36Cl2FN5O5/c1-2-41-28(40)22(17-23(33)37)34-27(39)24(35-26(38)21(32)16-18-8-10-20(31)11-9-18)25(19-6-4-3-5-7-19)36(14-12-29)15-13-30/h3-11,21-22,24-25H,2,12-17,32H2,1H3,(H2,33,37)(H,34,39)(H,35,38). The molecule has 10 nitrogen and oxygen atoms in total. The maximum Gasteiger partial charge on any atom is 0.329 e. The average molecular weight is 613 g/mol. The van der Waals surface area contributed by atoms with E-state index in [1.165, 1.54) is 24.3 Å². The van der Waals surface area contributed by atoms with Crippen LogP contribution in [0.2, 0.25) is 0 Å². The summed E-state index contributed by atoms with van der Waals surface area (Å²) < 4.78 is 18.4. The molecule has 13 heteroatoms. The van der Waals surface area contributed by atoms with E-state index in [-0.39, 0.29) is 24.8 Å². The third kappa shape index (κ3) is 10.9. The van der Waals surface area contributed by atoms with Crippen LogP contribution in [0.3, 0.4) is 0 Å². The maximum absolute atomic E-state index is 13.9. The van der Waals surface area contributed by atoms with Crippen molar-refractivity contribution in [3.05, 3.63) is 71.5 Å². The summed E-state index contributed by atoms with van der Waals surface area (Å²) in [5.74, 6) is -3.19. The van der Waals surface area contributed by atoms with Gasteiger partial charge in [0.05, 0.1) is 25.1 Å². The van der Waals surface area contributed by atoms with Gasteiger partial charge < -0.3 is 26.8 Å². The molecule has 224 valence electrons. The molecule has 0 bridgehead atoms.